The fourth-order valence-electron chi connectivity index (χ4n) is 1.63. The van der Waals surface area contributed by atoms with Gasteiger partial charge in [-0.25, -0.2) is 4.98 Å². The van der Waals surface area contributed by atoms with E-state index >= 15 is 0 Å². The summed E-state index contributed by atoms with van der Waals surface area (Å²) in [6.45, 7) is 1.12. The van der Waals surface area contributed by atoms with Crippen LogP contribution in [0.4, 0.5) is 0 Å². The topological polar surface area (TPSA) is 24.9 Å². The van der Waals surface area contributed by atoms with Crippen molar-refractivity contribution in [2.75, 3.05) is 6.54 Å². The van der Waals surface area contributed by atoms with Crippen molar-refractivity contribution in [2.45, 2.75) is 18.9 Å². The molecule has 0 radical (unpaired) electrons. The summed E-state index contributed by atoms with van der Waals surface area (Å²) in [4.78, 5) is 4.31. The molecule has 0 saturated carbocycles. The van der Waals surface area contributed by atoms with Crippen LogP contribution in [0.15, 0.2) is 21.3 Å². The lowest BCUT2D eigenvalue weighted by atomic mass is 10.1. The number of hydrogen-bond donors (Lipinski definition) is 1. The average molecular weight is 306 g/mol. The van der Waals surface area contributed by atoms with Gasteiger partial charge in [-0.15, -0.1) is 0 Å². The Kier molecular flexibility index (Phi) is 3.01. The number of halogens is 2. The number of nitrogens with one attached hydrogen (secondary N) is 1. The molecule has 1 saturated heterocycles. The molecule has 1 fully saturated rings. The number of hydrogen-bond acceptors (Lipinski definition) is 2. The van der Waals surface area contributed by atoms with Crippen molar-refractivity contribution in [3.05, 3.63) is 26.9 Å². The molecule has 1 aliphatic heterocycles. The van der Waals surface area contributed by atoms with Gasteiger partial charge in [0.25, 0.3) is 0 Å². The average Bonchev–Trinajstić information content (AvgIpc) is 2.56. The summed E-state index contributed by atoms with van der Waals surface area (Å²) in [5.41, 5.74) is 1.26. The molecule has 70 valence electrons. The van der Waals surface area contributed by atoms with Crippen molar-refractivity contribution in [1.82, 2.24) is 10.3 Å². The van der Waals surface area contributed by atoms with Crippen LogP contribution >= 0.6 is 31.9 Å². The van der Waals surface area contributed by atoms with Crippen LogP contribution < -0.4 is 5.32 Å². The van der Waals surface area contributed by atoms with Crippen molar-refractivity contribution < 1.29 is 0 Å². The van der Waals surface area contributed by atoms with Gasteiger partial charge in [-0.2, -0.15) is 0 Å². The molecule has 2 nitrogen and oxygen atoms in total. The number of aromatic nitrogens is 1. The van der Waals surface area contributed by atoms with Crippen LogP contribution in [0.3, 0.4) is 0 Å². The van der Waals surface area contributed by atoms with E-state index in [0.717, 1.165) is 15.8 Å². The first-order chi connectivity index (χ1) is 6.27. The van der Waals surface area contributed by atoms with Gasteiger partial charge in [0.05, 0.1) is 0 Å². The quantitative estimate of drug-likeness (QED) is 0.807. The minimum atomic E-state index is 0.481. The molecule has 1 atom stereocenters. The van der Waals surface area contributed by atoms with Gasteiger partial charge in [-0.1, -0.05) is 6.07 Å². The van der Waals surface area contributed by atoms with Crippen molar-refractivity contribution in [3.63, 3.8) is 0 Å². The molecule has 0 bridgehead atoms. The molecule has 2 heterocycles. The highest BCUT2D eigenvalue weighted by Gasteiger charge is 2.18. The smallest absolute Gasteiger partial charge is 0.112 e. The van der Waals surface area contributed by atoms with Crippen LogP contribution in [-0.2, 0) is 0 Å². The summed E-state index contributed by atoms with van der Waals surface area (Å²) in [7, 11) is 0. The van der Waals surface area contributed by atoms with Gasteiger partial charge in [0.2, 0.25) is 0 Å². The van der Waals surface area contributed by atoms with E-state index in [1.54, 1.807) is 0 Å². The Bertz CT molecular complexity index is 308. The van der Waals surface area contributed by atoms with Gasteiger partial charge in [0.1, 0.15) is 9.21 Å². The van der Waals surface area contributed by atoms with Crippen LogP contribution in [0.2, 0.25) is 0 Å². The third-order valence-electron chi connectivity index (χ3n) is 2.28. The van der Waals surface area contributed by atoms with Crippen LogP contribution in [0.1, 0.15) is 24.4 Å². The Morgan fingerprint density at radius 2 is 2.23 bits per heavy atom. The maximum atomic E-state index is 4.31. The van der Waals surface area contributed by atoms with Gasteiger partial charge in [0, 0.05) is 11.6 Å². The zero-order chi connectivity index (χ0) is 9.26. The lowest BCUT2D eigenvalue weighted by Crippen LogP contribution is -2.13. The largest absolute Gasteiger partial charge is 0.310 e. The molecule has 1 N–H and O–H groups in total. The van der Waals surface area contributed by atoms with Gasteiger partial charge < -0.3 is 5.32 Å². The van der Waals surface area contributed by atoms with Gasteiger partial charge in [-0.3, -0.25) is 0 Å². The molecular weight excluding hydrogens is 296 g/mol. The first-order valence-electron chi connectivity index (χ1n) is 4.33. The van der Waals surface area contributed by atoms with Crippen molar-refractivity contribution >= 4 is 31.9 Å². The second kappa shape index (κ2) is 4.07. The minimum Gasteiger partial charge on any atom is -0.310 e. The van der Waals surface area contributed by atoms with Crippen LogP contribution in [0, 0.1) is 0 Å². The fraction of sp³-hybridized carbons (Fsp3) is 0.444. The molecule has 0 spiro atoms. The van der Waals surface area contributed by atoms with Gasteiger partial charge in [-0.05, 0) is 57.3 Å². The molecule has 0 amide bonds. The maximum Gasteiger partial charge on any atom is 0.112 e. The molecule has 1 aliphatic rings. The molecule has 2 rings (SSSR count). The SMILES string of the molecule is Brc1ccc([C@@H]2CCCN2)c(Br)n1. The summed E-state index contributed by atoms with van der Waals surface area (Å²) in [5, 5.41) is 3.45. The van der Waals surface area contributed by atoms with E-state index in [4.69, 9.17) is 0 Å². The Hall–Kier alpha value is 0.0700. The Labute approximate surface area is 94.4 Å². The van der Waals surface area contributed by atoms with E-state index < -0.39 is 0 Å². The Morgan fingerprint density at radius 3 is 2.85 bits per heavy atom. The fourth-order valence-corrected chi connectivity index (χ4v) is 2.78. The van der Waals surface area contributed by atoms with Crippen molar-refractivity contribution in [2.24, 2.45) is 0 Å². The minimum absolute atomic E-state index is 0.481. The predicted molar refractivity (Wildman–Crippen MR) is 59.6 cm³/mol. The lowest BCUT2D eigenvalue weighted by molar-refractivity contribution is 0.641. The van der Waals surface area contributed by atoms with E-state index in [1.165, 1.54) is 18.4 Å². The standard InChI is InChI=1S/C9H10Br2N2/c10-8-4-3-6(9(11)13-8)7-2-1-5-12-7/h3-4,7,12H,1-2,5H2/t7-/m0/s1. The lowest BCUT2D eigenvalue weighted by Gasteiger charge is -2.11. The van der Waals surface area contributed by atoms with Crippen LogP contribution in [0.25, 0.3) is 0 Å². The van der Waals surface area contributed by atoms with Gasteiger partial charge in [0.15, 0.2) is 0 Å². The molecule has 13 heavy (non-hydrogen) atoms. The monoisotopic (exact) mass is 304 g/mol. The number of pyridine rings is 1. The molecule has 4 heteroatoms. The molecule has 1 aromatic rings. The summed E-state index contributed by atoms with van der Waals surface area (Å²) < 4.78 is 1.82. The molecule has 0 aliphatic carbocycles. The molecular formula is C9H10Br2N2. The van der Waals surface area contributed by atoms with Crippen LogP contribution in [-0.4, -0.2) is 11.5 Å². The predicted octanol–water partition coefficient (Wildman–Crippen LogP) is 3.03. The molecule has 0 aromatic carbocycles. The van der Waals surface area contributed by atoms with Crippen molar-refractivity contribution in [3.8, 4) is 0 Å². The third kappa shape index (κ3) is 2.11. The van der Waals surface area contributed by atoms with E-state index in [2.05, 4.69) is 48.2 Å². The summed E-state index contributed by atoms with van der Waals surface area (Å²) in [6.07, 6.45) is 2.47. The zero-order valence-electron chi connectivity index (χ0n) is 7.06. The van der Waals surface area contributed by atoms with Crippen LogP contribution in [0.5, 0.6) is 0 Å². The summed E-state index contributed by atoms with van der Waals surface area (Å²) in [6, 6.07) is 4.58. The summed E-state index contributed by atoms with van der Waals surface area (Å²) >= 11 is 6.82. The second-order valence-corrected chi connectivity index (χ2v) is 4.73. The number of nitrogens with zero attached hydrogens (tertiary/aromatic N) is 1. The first-order valence-corrected chi connectivity index (χ1v) is 5.91. The Balaban J connectivity index is 2.29. The Morgan fingerprint density at radius 1 is 1.38 bits per heavy atom. The zero-order valence-corrected chi connectivity index (χ0v) is 10.2. The number of rotatable bonds is 1. The molecule has 1 aromatic heterocycles. The van der Waals surface area contributed by atoms with E-state index in [9.17, 15) is 0 Å². The maximum absolute atomic E-state index is 4.31. The first kappa shape index (κ1) is 9.62. The highest BCUT2D eigenvalue weighted by molar-refractivity contribution is 9.11. The van der Waals surface area contributed by atoms with Gasteiger partial charge >= 0.3 is 0 Å². The van der Waals surface area contributed by atoms with E-state index in [1.807, 2.05) is 6.07 Å². The highest BCUT2D eigenvalue weighted by atomic mass is 79.9. The van der Waals surface area contributed by atoms with Crippen molar-refractivity contribution in [1.29, 1.82) is 0 Å². The third-order valence-corrected chi connectivity index (χ3v) is 3.36. The second-order valence-electron chi connectivity index (χ2n) is 3.16. The van der Waals surface area contributed by atoms with E-state index in [0.29, 0.717) is 6.04 Å². The summed E-state index contributed by atoms with van der Waals surface area (Å²) in [5.74, 6) is 0. The van der Waals surface area contributed by atoms with E-state index in [-0.39, 0.29) is 0 Å². The normalized spacial score (nSPS) is 22.2. The molecule has 0 unspecified atom stereocenters. The highest BCUT2D eigenvalue weighted by Crippen LogP contribution is 2.29.